The Morgan fingerprint density at radius 1 is 0.982 bits per heavy atom. The Kier molecular flexibility index (Phi) is 13.4. The molecule has 2 aliphatic rings. The van der Waals surface area contributed by atoms with E-state index in [0.717, 1.165) is 79.7 Å². The van der Waals surface area contributed by atoms with Gasteiger partial charge in [0.05, 0.1) is 32.0 Å². The van der Waals surface area contributed by atoms with E-state index in [9.17, 15) is 14.4 Å². The van der Waals surface area contributed by atoms with E-state index in [1.165, 1.54) is 0 Å². The summed E-state index contributed by atoms with van der Waals surface area (Å²) in [7, 11) is 0. The zero-order valence-corrected chi connectivity index (χ0v) is 32.2. The van der Waals surface area contributed by atoms with E-state index in [0.29, 0.717) is 57.0 Å². The van der Waals surface area contributed by atoms with Crippen LogP contribution in [0, 0.1) is 0 Å². The van der Waals surface area contributed by atoms with Crippen LogP contribution in [0.25, 0.3) is 11.2 Å². The molecule has 2 aromatic heterocycles. The summed E-state index contributed by atoms with van der Waals surface area (Å²) >= 11 is 0. The molecule has 6 rings (SSSR count). The second-order valence-electron chi connectivity index (χ2n) is 14.8. The number of aromatic amines is 1. The Morgan fingerprint density at radius 3 is 2.41 bits per heavy atom. The van der Waals surface area contributed by atoms with Crippen LogP contribution in [0.5, 0.6) is 6.01 Å². The van der Waals surface area contributed by atoms with Crippen LogP contribution in [-0.2, 0) is 38.7 Å². The van der Waals surface area contributed by atoms with Crippen molar-refractivity contribution in [3.05, 3.63) is 81.3 Å². The standard InChI is InChI=1S/C40H53N9O7/c1-3-4-18-54-38-44-35(42)34-36(45-38)49(39(53)43-34)23-30-11-9-29(10-12-30)22-47-24-40(25-47)26-48(17-20-55-40)33(50)8-6-5-7-19-56-46-27(2)31-15-13-28(14-16-31)21-32(41)37(51)52/h9-16,32H,3-8,17-26,41H2,1-2H3,(H,43,53)(H,51,52)(H2,42,44,45)/b46-27+. The number of hydrogen-bond donors (Lipinski definition) is 4. The SMILES string of the molecule is CCCCOc1nc(N)c2[nH]c(=O)n(Cc3ccc(CN4CC5(C4)CN(C(=O)CCCCCO/N=C(\C)c4ccc(CC(N)C(=O)O)cc4)CCO5)cc3)c2n1. The lowest BCUT2D eigenvalue weighted by molar-refractivity contribution is -0.190. The zero-order valence-electron chi connectivity index (χ0n) is 32.2. The molecule has 1 unspecified atom stereocenters. The minimum Gasteiger partial charge on any atom is -0.480 e. The molecule has 1 spiro atoms. The summed E-state index contributed by atoms with van der Waals surface area (Å²) < 4.78 is 13.4. The summed E-state index contributed by atoms with van der Waals surface area (Å²) in [6.45, 7) is 9.21. The van der Waals surface area contributed by atoms with Crippen LogP contribution in [0.15, 0.2) is 58.5 Å². The molecule has 2 aromatic carbocycles. The van der Waals surface area contributed by atoms with Crippen molar-refractivity contribution in [3.63, 3.8) is 0 Å². The van der Waals surface area contributed by atoms with Gasteiger partial charge in [0.1, 0.15) is 23.8 Å². The first-order valence-electron chi connectivity index (χ1n) is 19.4. The molecule has 16 heteroatoms. The van der Waals surface area contributed by atoms with Crippen molar-refractivity contribution in [2.45, 2.75) is 83.5 Å². The molecule has 6 N–H and O–H groups in total. The summed E-state index contributed by atoms with van der Waals surface area (Å²) in [5, 5.41) is 13.2. The maximum absolute atomic E-state index is 13.1. The van der Waals surface area contributed by atoms with Crippen molar-refractivity contribution >= 4 is 34.6 Å². The number of unbranched alkanes of at least 4 members (excludes halogenated alkanes) is 3. The Hall–Kier alpha value is -5.32. The number of aromatic nitrogens is 4. The predicted molar refractivity (Wildman–Crippen MR) is 211 cm³/mol. The Bertz CT molecular complexity index is 2040. The zero-order chi connectivity index (χ0) is 39.7. The van der Waals surface area contributed by atoms with E-state index in [1.807, 2.05) is 48.2 Å². The van der Waals surface area contributed by atoms with Crippen molar-refractivity contribution in [1.82, 2.24) is 29.3 Å². The van der Waals surface area contributed by atoms with E-state index in [2.05, 4.69) is 44.1 Å². The molecule has 0 aliphatic carbocycles. The van der Waals surface area contributed by atoms with Crippen molar-refractivity contribution in [2.75, 3.05) is 51.7 Å². The number of carbonyl (C=O) groups is 2. The van der Waals surface area contributed by atoms with E-state index >= 15 is 0 Å². The first-order chi connectivity index (χ1) is 27.0. The van der Waals surface area contributed by atoms with Gasteiger partial charge in [0.2, 0.25) is 5.91 Å². The number of H-pyrrole nitrogens is 1. The number of nitrogens with one attached hydrogen (secondary N) is 1. The number of nitrogens with two attached hydrogens (primary N) is 2. The third-order valence-electron chi connectivity index (χ3n) is 10.2. The lowest BCUT2D eigenvalue weighted by Crippen LogP contribution is -2.70. The van der Waals surface area contributed by atoms with Crippen LogP contribution >= 0.6 is 0 Å². The average molecular weight is 772 g/mol. The topological polar surface area (TPSA) is 217 Å². The summed E-state index contributed by atoms with van der Waals surface area (Å²) in [4.78, 5) is 58.1. The monoisotopic (exact) mass is 771 g/mol. The number of hydrogen-bond acceptors (Lipinski definition) is 12. The number of fused-ring (bicyclic) bond motifs is 1. The fourth-order valence-corrected chi connectivity index (χ4v) is 7.07. The lowest BCUT2D eigenvalue weighted by Gasteiger charge is -2.54. The van der Waals surface area contributed by atoms with Gasteiger partial charge >= 0.3 is 17.7 Å². The number of likely N-dealkylation sites (tertiary alicyclic amines) is 1. The molecule has 0 bridgehead atoms. The average Bonchev–Trinajstić information content (AvgIpc) is 3.49. The van der Waals surface area contributed by atoms with Crippen LogP contribution in [0.2, 0.25) is 0 Å². The molecule has 2 saturated heterocycles. The van der Waals surface area contributed by atoms with Gasteiger partial charge in [-0.25, -0.2) is 4.79 Å². The fraction of sp³-hybridized carbons (Fsp3) is 0.500. The van der Waals surface area contributed by atoms with Gasteiger partial charge in [-0.15, -0.1) is 0 Å². The van der Waals surface area contributed by atoms with Crippen LogP contribution in [0.4, 0.5) is 5.82 Å². The van der Waals surface area contributed by atoms with E-state index in [4.69, 9.17) is 30.9 Å². The Labute approximate surface area is 325 Å². The number of carboxylic acid groups (broad SMARTS) is 1. The number of benzene rings is 2. The Balaban J connectivity index is 0.891. The molecule has 0 radical (unpaired) electrons. The summed E-state index contributed by atoms with van der Waals surface area (Å²) in [6.07, 6.45) is 5.03. The highest BCUT2D eigenvalue weighted by Gasteiger charge is 2.47. The van der Waals surface area contributed by atoms with Crippen LogP contribution < -0.4 is 21.9 Å². The second kappa shape index (κ2) is 18.5. The first-order valence-corrected chi connectivity index (χ1v) is 19.4. The summed E-state index contributed by atoms with van der Waals surface area (Å²) in [6, 6.07) is 14.9. The van der Waals surface area contributed by atoms with Crippen molar-refractivity contribution < 1.29 is 29.0 Å². The van der Waals surface area contributed by atoms with Crippen molar-refractivity contribution in [3.8, 4) is 6.01 Å². The number of rotatable bonds is 19. The van der Waals surface area contributed by atoms with E-state index in [1.54, 1.807) is 4.57 Å². The predicted octanol–water partition coefficient (Wildman–Crippen LogP) is 3.30. The van der Waals surface area contributed by atoms with Gasteiger partial charge in [0.15, 0.2) is 11.5 Å². The minimum atomic E-state index is -1.02. The molecule has 1 atom stereocenters. The molecule has 2 aliphatic heterocycles. The molecule has 300 valence electrons. The third-order valence-corrected chi connectivity index (χ3v) is 10.2. The summed E-state index contributed by atoms with van der Waals surface area (Å²) in [5.74, 6) is -0.687. The van der Waals surface area contributed by atoms with E-state index in [-0.39, 0.29) is 35.4 Å². The molecule has 2 fully saturated rings. The highest BCUT2D eigenvalue weighted by Crippen LogP contribution is 2.31. The number of oxime groups is 1. The van der Waals surface area contributed by atoms with Crippen LogP contribution in [0.1, 0.15) is 74.6 Å². The van der Waals surface area contributed by atoms with Gasteiger partial charge in [-0.05, 0) is 61.3 Å². The summed E-state index contributed by atoms with van der Waals surface area (Å²) in [5.41, 5.74) is 16.5. The van der Waals surface area contributed by atoms with Crippen molar-refractivity contribution in [2.24, 2.45) is 10.9 Å². The molecule has 1 amide bonds. The maximum Gasteiger partial charge on any atom is 0.328 e. The molecule has 56 heavy (non-hydrogen) atoms. The number of carbonyl (C=O) groups excluding carboxylic acids is 1. The highest BCUT2D eigenvalue weighted by molar-refractivity contribution is 5.98. The normalized spacial score (nSPS) is 16.2. The fourth-order valence-electron chi connectivity index (χ4n) is 7.07. The van der Waals surface area contributed by atoms with Gasteiger partial charge in [0.25, 0.3) is 0 Å². The highest BCUT2D eigenvalue weighted by atomic mass is 16.6. The van der Waals surface area contributed by atoms with Gasteiger partial charge < -0.3 is 40.8 Å². The molecular formula is C40H53N9O7. The third kappa shape index (κ3) is 10.3. The molecular weight excluding hydrogens is 718 g/mol. The van der Waals surface area contributed by atoms with Gasteiger partial charge in [0, 0.05) is 32.6 Å². The lowest BCUT2D eigenvalue weighted by atomic mass is 9.91. The van der Waals surface area contributed by atoms with Gasteiger partial charge in [-0.2, -0.15) is 9.97 Å². The number of nitrogen functional groups attached to an aromatic ring is 1. The number of imidazole rings is 1. The number of aliphatic carboxylic acids is 1. The van der Waals surface area contributed by atoms with E-state index < -0.39 is 12.0 Å². The second-order valence-corrected chi connectivity index (χ2v) is 14.8. The van der Waals surface area contributed by atoms with Gasteiger partial charge in [-0.3, -0.25) is 19.1 Å². The van der Waals surface area contributed by atoms with Crippen molar-refractivity contribution in [1.29, 1.82) is 0 Å². The maximum atomic E-state index is 13.1. The number of amides is 1. The number of ether oxygens (including phenoxy) is 2. The number of carboxylic acids is 1. The molecule has 16 nitrogen and oxygen atoms in total. The molecule has 4 heterocycles. The Morgan fingerprint density at radius 2 is 1.70 bits per heavy atom. The number of anilines is 1. The smallest absolute Gasteiger partial charge is 0.328 e. The molecule has 0 saturated carbocycles. The largest absolute Gasteiger partial charge is 0.480 e. The quantitative estimate of drug-likeness (QED) is 0.0614. The number of morpholine rings is 1. The van der Waals surface area contributed by atoms with Crippen LogP contribution in [0.3, 0.4) is 0 Å². The molecule has 4 aromatic rings. The number of nitrogens with zero attached hydrogens (tertiary/aromatic N) is 6. The van der Waals surface area contributed by atoms with Gasteiger partial charge in [-0.1, -0.05) is 67.0 Å². The first kappa shape index (κ1) is 40.3. The van der Waals surface area contributed by atoms with Crippen LogP contribution in [-0.4, -0.2) is 110 Å². The minimum absolute atomic E-state index is 0.160.